The second kappa shape index (κ2) is 6.48. The van der Waals surface area contributed by atoms with E-state index in [0.29, 0.717) is 0 Å². The Kier molecular flexibility index (Phi) is 4.17. The van der Waals surface area contributed by atoms with Gasteiger partial charge in [0.15, 0.2) is 0 Å². The van der Waals surface area contributed by atoms with Crippen molar-refractivity contribution in [3.05, 3.63) is 61.4 Å². The lowest BCUT2D eigenvalue weighted by molar-refractivity contribution is 0.149. The number of hydrogen-bond acceptors (Lipinski definition) is 4. The highest BCUT2D eigenvalue weighted by molar-refractivity contribution is 5.87. The van der Waals surface area contributed by atoms with Gasteiger partial charge in [0, 0.05) is 25.8 Å². The van der Waals surface area contributed by atoms with Crippen LogP contribution in [0, 0.1) is 12.8 Å². The lowest BCUT2D eigenvalue weighted by atomic mass is 10.1. The molecule has 2 heterocycles. The molecule has 1 aromatic carbocycles. The predicted molar refractivity (Wildman–Crippen MR) is 99.2 cm³/mol. The van der Waals surface area contributed by atoms with Gasteiger partial charge in [0.05, 0.1) is 11.5 Å². The Morgan fingerprint density at radius 1 is 1.20 bits per heavy atom. The predicted octanol–water partition coefficient (Wildman–Crippen LogP) is 3.21. The molecule has 1 saturated carbocycles. The summed E-state index contributed by atoms with van der Waals surface area (Å²) in [7, 11) is 2.05. The largest absolute Gasteiger partial charge is 0.393 e. The van der Waals surface area contributed by atoms with E-state index in [1.54, 1.807) is 6.33 Å². The smallest absolute Gasteiger partial charge is 0.145 e. The number of anilines is 1. The van der Waals surface area contributed by atoms with Gasteiger partial charge >= 0.3 is 0 Å². The molecule has 1 aliphatic carbocycles. The maximum absolute atomic E-state index is 10.0. The van der Waals surface area contributed by atoms with Gasteiger partial charge in [-0.2, -0.15) is 0 Å². The van der Waals surface area contributed by atoms with Gasteiger partial charge in [-0.05, 0) is 37.3 Å². The molecule has 0 bridgehead atoms. The quantitative estimate of drug-likeness (QED) is 0.795. The van der Waals surface area contributed by atoms with Crippen LogP contribution >= 0.6 is 0 Å². The first kappa shape index (κ1) is 16.1. The van der Waals surface area contributed by atoms with Gasteiger partial charge in [-0.25, -0.2) is 9.97 Å². The Bertz CT molecular complexity index is 851. The first-order valence-corrected chi connectivity index (χ1v) is 8.71. The minimum Gasteiger partial charge on any atom is -0.393 e. The zero-order valence-electron chi connectivity index (χ0n) is 14.4. The summed E-state index contributed by atoms with van der Waals surface area (Å²) in [6.07, 6.45) is 4.98. The third-order valence-electron chi connectivity index (χ3n) is 5.14. The maximum Gasteiger partial charge on any atom is 0.145 e. The van der Waals surface area contributed by atoms with Gasteiger partial charge in [0.1, 0.15) is 17.8 Å². The average Bonchev–Trinajstić information content (AvgIpc) is 3.19. The number of nitrogens with zero attached hydrogens (tertiary/aromatic N) is 4. The van der Waals surface area contributed by atoms with E-state index in [1.165, 1.54) is 5.56 Å². The van der Waals surface area contributed by atoms with Crippen molar-refractivity contribution < 1.29 is 5.11 Å². The first-order chi connectivity index (χ1) is 12.1. The Balaban J connectivity index is 1.65. The maximum atomic E-state index is 10.0. The molecule has 3 aromatic rings. The fraction of sp³-hybridized carbons (Fsp3) is 0.350. The Hall–Kier alpha value is -2.40. The van der Waals surface area contributed by atoms with Gasteiger partial charge in [-0.3, -0.25) is 0 Å². The SMILES string of the molecule is [CH2][C@H]1C[C@@H](n2ccc3c(N(C)Cc4ccccc4)ncnc32)C[C@@H]1O. The van der Waals surface area contributed by atoms with Crippen molar-refractivity contribution in [2.75, 3.05) is 11.9 Å². The van der Waals surface area contributed by atoms with Crippen molar-refractivity contribution in [2.24, 2.45) is 5.92 Å². The lowest BCUT2D eigenvalue weighted by Crippen LogP contribution is -2.18. The van der Waals surface area contributed by atoms with Crippen molar-refractivity contribution in [1.82, 2.24) is 14.5 Å². The summed E-state index contributed by atoms with van der Waals surface area (Å²) in [5.74, 6) is 1.02. The van der Waals surface area contributed by atoms with Crippen LogP contribution in [0.4, 0.5) is 5.82 Å². The number of aliphatic hydroxyl groups is 1. The van der Waals surface area contributed by atoms with Crippen molar-refractivity contribution in [3.63, 3.8) is 0 Å². The summed E-state index contributed by atoms with van der Waals surface area (Å²) in [4.78, 5) is 11.2. The number of hydrogen-bond donors (Lipinski definition) is 1. The summed E-state index contributed by atoms with van der Waals surface area (Å²) in [6.45, 7) is 4.84. The van der Waals surface area contributed by atoms with Crippen molar-refractivity contribution in [3.8, 4) is 0 Å². The van der Waals surface area contributed by atoms with Crippen LogP contribution in [0.3, 0.4) is 0 Å². The van der Waals surface area contributed by atoms with Crippen LogP contribution in [0.25, 0.3) is 11.0 Å². The van der Waals surface area contributed by atoms with Crippen molar-refractivity contribution >= 4 is 16.9 Å². The highest BCUT2D eigenvalue weighted by Crippen LogP contribution is 2.37. The summed E-state index contributed by atoms with van der Waals surface area (Å²) >= 11 is 0. The molecule has 4 rings (SSSR count). The number of aliphatic hydroxyl groups excluding tert-OH is 1. The zero-order valence-corrected chi connectivity index (χ0v) is 14.4. The van der Waals surface area contributed by atoms with Crippen molar-refractivity contribution in [2.45, 2.75) is 31.5 Å². The number of rotatable bonds is 4. The van der Waals surface area contributed by atoms with Gasteiger partial charge in [0.25, 0.3) is 0 Å². The number of benzene rings is 1. The highest BCUT2D eigenvalue weighted by atomic mass is 16.3. The summed E-state index contributed by atoms with van der Waals surface area (Å²) in [6, 6.07) is 12.7. The van der Waals surface area contributed by atoms with E-state index in [-0.39, 0.29) is 18.1 Å². The van der Waals surface area contributed by atoms with E-state index >= 15 is 0 Å². The molecule has 0 spiro atoms. The van der Waals surface area contributed by atoms with Crippen LogP contribution in [-0.4, -0.2) is 32.8 Å². The number of fused-ring (bicyclic) bond motifs is 1. The Morgan fingerprint density at radius 2 is 2.00 bits per heavy atom. The third-order valence-corrected chi connectivity index (χ3v) is 5.14. The van der Waals surface area contributed by atoms with E-state index in [9.17, 15) is 5.11 Å². The molecule has 129 valence electrons. The molecular weight excluding hydrogens is 312 g/mol. The Labute approximate surface area is 147 Å². The van der Waals surface area contributed by atoms with Gasteiger partial charge in [-0.15, -0.1) is 0 Å². The van der Waals surface area contributed by atoms with Crippen LogP contribution in [0.1, 0.15) is 24.4 Å². The van der Waals surface area contributed by atoms with E-state index < -0.39 is 0 Å². The average molecular weight is 335 g/mol. The van der Waals surface area contributed by atoms with Crippen LogP contribution in [-0.2, 0) is 6.54 Å². The fourth-order valence-electron chi connectivity index (χ4n) is 3.79. The molecule has 5 heteroatoms. The second-order valence-corrected chi connectivity index (χ2v) is 6.95. The van der Waals surface area contributed by atoms with E-state index in [0.717, 1.165) is 36.2 Å². The normalized spacial score (nSPS) is 23.2. The molecule has 1 aliphatic rings. The monoisotopic (exact) mass is 335 g/mol. The summed E-state index contributed by atoms with van der Waals surface area (Å²) in [5, 5.41) is 11.1. The first-order valence-electron chi connectivity index (χ1n) is 8.71. The molecule has 0 unspecified atom stereocenters. The minimum atomic E-state index is -0.329. The molecule has 25 heavy (non-hydrogen) atoms. The van der Waals surface area contributed by atoms with Crippen LogP contribution in [0.15, 0.2) is 48.9 Å². The lowest BCUT2D eigenvalue weighted by Gasteiger charge is -2.19. The topological polar surface area (TPSA) is 54.2 Å². The van der Waals surface area contributed by atoms with Gasteiger partial charge < -0.3 is 14.6 Å². The summed E-state index contributed by atoms with van der Waals surface area (Å²) in [5.41, 5.74) is 2.17. The summed E-state index contributed by atoms with van der Waals surface area (Å²) < 4.78 is 2.17. The molecule has 0 saturated heterocycles. The number of aromatic nitrogens is 3. The standard InChI is InChI=1S/C20H23N4O/c1-14-10-16(11-18(14)25)24-9-8-17-19(21-13-22-20(17)24)23(2)12-15-6-4-3-5-7-15/h3-9,13-14,16,18,25H,1,10-12H2,2H3/t14-,16+,18-/m0/s1. The van der Waals surface area contributed by atoms with E-state index in [2.05, 4.69) is 69.9 Å². The molecular formula is C20H23N4O. The van der Waals surface area contributed by atoms with Crippen molar-refractivity contribution in [1.29, 1.82) is 0 Å². The molecule has 1 fully saturated rings. The molecule has 1 radical (unpaired) electrons. The Morgan fingerprint density at radius 3 is 2.72 bits per heavy atom. The van der Waals surface area contributed by atoms with Gasteiger partial charge in [-0.1, -0.05) is 30.3 Å². The third kappa shape index (κ3) is 3.00. The molecule has 2 aromatic heterocycles. The molecule has 0 aliphatic heterocycles. The minimum absolute atomic E-state index is 0.0875. The van der Waals surface area contributed by atoms with Gasteiger partial charge in [0.2, 0.25) is 0 Å². The molecule has 5 nitrogen and oxygen atoms in total. The van der Waals surface area contributed by atoms with Crippen LogP contribution in [0.2, 0.25) is 0 Å². The van der Waals surface area contributed by atoms with E-state index in [1.807, 2.05) is 6.07 Å². The second-order valence-electron chi connectivity index (χ2n) is 6.95. The zero-order chi connectivity index (χ0) is 17.4. The van der Waals surface area contributed by atoms with E-state index in [4.69, 9.17) is 0 Å². The fourth-order valence-corrected chi connectivity index (χ4v) is 3.79. The highest BCUT2D eigenvalue weighted by Gasteiger charge is 2.31. The molecule has 1 N–H and O–H groups in total. The molecule has 0 amide bonds. The van der Waals surface area contributed by atoms with Crippen LogP contribution in [0.5, 0.6) is 0 Å². The molecule has 3 atom stereocenters. The van der Waals surface area contributed by atoms with Crippen LogP contribution < -0.4 is 4.90 Å².